The van der Waals surface area contributed by atoms with Crippen molar-refractivity contribution in [2.45, 2.75) is 13.0 Å². The summed E-state index contributed by atoms with van der Waals surface area (Å²) in [5.74, 6) is 1.13. The summed E-state index contributed by atoms with van der Waals surface area (Å²) in [5, 5.41) is 0.577. The maximum Gasteiger partial charge on any atom is 0.206 e. The molecule has 0 bridgehead atoms. The molecule has 2 aromatic rings. The lowest BCUT2D eigenvalue weighted by Crippen LogP contribution is -2.36. The van der Waals surface area contributed by atoms with E-state index < -0.39 is 6.10 Å². The lowest BCUT2D eigenvalue weighted by molar-refractivity contribution is 0.0586. The zero-order valence-electron chi connectivity index (χ0n) is 10.9. The van der Waals surface area contributed by atoms with Gasteiger partial charge in [-0.15, -0.1) is 0 Å². The minimum atomic E-state index is -0.635. The van der Waals surface area contributed by atoms with Crippen LogP contribution in [-0.2, 0) is 0 Å². The highest BCUT2D eigenvalue weighted by molar-refractivity contribution is 6.31. The molecule has 1 atom stereocenters. The summed E-state index contributed by atoms with van der Waals surface area (Å²) in [4.78, 5) is 12.4. The number of carbonyl (C=O) groups excluding carboxylic acids is 1. The van der Waals surface area contributed by atoms with Gasteiger partial charge in [0.25, 0.3) is 0 Å². The molecule has 102 valence electrons. The van der Waals surface area contributed by atoms with Crippen molar-refractivity contribution in [3.8, 4) is 11.5 Å². The second-order valence-electron chi connectivity index (χ2n) is 4.69. The Balaban J connectivity index is 1.84. The third-order valence-corrected chi connectivity index (χ3v) is 3.66. The van der Waals surface area contributed by atoms with Crippen molar-refractivity contribution in [1.29, 1.82) is 0 Å². The van der Waals surface area contributed by atoms with Gasteiger partial charge in [0.2, 0.25) is 5.78 Å². The summed E-state index contributed by atoms with van der Waals surface area (Å²) >= 11 is 6.05. The number of aryl methyl sites for hydroxylation is 1. The van der Waals surface area contributed by atoms with E-state index in [4.69, 9.17) is 21.1 Å². The molecule has 0 amide bonds. The van der Waals surface area contributed by atoms with Gasteiger partial charge >= 0.3 is 0 Å². The fourth-order valence-electron chi connectivity index (χ4n) is 2.08. The van der Waals surface area contributed by atoms with Gasteiger partial charge in [-0.3, -0.25) is 4.79 Å². The monoisotopic (exact) mass is 288 g/mol. The van der Waals surface area contributed by atoms with Crippen LogP contribution >= 0.6 is 11.6 Å². The molecule has 3 rings (SSSR count). The second-order valence-corrected chi connectivity index (χ2v) is 5.10. The van der Waals surface area contributed by atoms with Gasteiger partial charge in [0, 0.05) is 10.6 Å². The number of fused-ring (bicyclic) bond motifs is 1. The quantitative estimate of drug-likeness (QED) is 0.791. The van der Waals surface area contributed by atoms with Gasteiger partial charge in [-0.2, -0.15) is 0 Å². The molecule has 0 N–H and O–H groups in total. The van der Waals surface area contributed by atoms with Crippen LogP contribution in [0.5, 0.6) is 11.5 Å². The van der Waals surface area contributed by atoms with Gasteiger partial charge in [0.05, 0.1) is 0 Å². The van der Waals surface area contributed by atoms with E-state index in [2.05, 4.69) is 0 Å². The highest BCUT2D eigenvalue weighted by Crippen LogP contribution is 2.31. The van der Waals surface area contributed by atoms with Gasteiger partial charge < -0.3 is 9.47 Å². The topological polar surface area (TPSA) is 35.5 Å². The van der Waals surface area contributed by atoms with E-state index in [1.807, 2.05) is 31.2 Å². The average molecular weight is 289 g/mol. The fourth-order valence-corrected chi connectivity index (χ4v) is 2.26. The Morgan fingerprint density at radius 2 is 1.95 bits per heavy atom. The largest absolute Gasteiger partial charge is 0.485 e. The van der Waals surface area contributed by atoms with Crippen LogP contribution < -0.4 is 9.47 Å². The summed E-state index contributed by atoms with van der Waals surface area (Å²) in [6.07, 6.45) is -0.635. The van der Waals surface area contributed by atoms with Crippen LogP contribution in [-0.4, -0.2) is 18.5 Å². The van der Waals surface area contributed by atoms with Crippen LogP contribution in [0.4, 0.5) is 0 Å². The molecular weight excluding hydrogens is 276 g/mol. The van der Waals surface area contributed by atoms with Crippen molar-refractivity contribution >= 4 is 17.4 Å². The number of hydrogen-bond acceptors (Lipinski definition) is 3. The lowest BCUT2D eigenvalue weighted by atomic mass is 10.0. The van der Waals surface area contributed by atoms with Gasteiger partial charge in [-0.25, -0.2) is 0 Å². The number of carbonyl (C=O) groups is 1. The minimum absolute atomic E-state index is 0.124. The number of rotatable bonds is 2. The first-order chi connectivity index (χ1) is 9.65. The number of halogens is 1. The summed E-state index contributed by atoms with van der Waals surface area (Å²) in [5.41, 5.74) is 1.47. The minimum Gasteiger partial charge on any atom is -0.485 e. The summed E-state index contributed by atoms with van der Waals surface area (Å²) in [6, 6.07) is 12.6. The maximum atomic E-state index is 12.4. The first kappa shape index (κ1) is 13.0. The van der Waals surface area contributed by atoms with Crippen LogP contribution in [0.25, 0.3) is 0 Å². The number of para-hydroxylation sites is 2. The first-order valence-electron chi connectivity index (χ1n) is 6.34. The molecule has 1 aliphatic heterocycles. The SMILES string of the molecule is Cc1ccc(C(=O)C2COc3ccccc3O2)cc1Cl. The van der Waals surface area contributed by atoms with Crippen molar-refractivity contribution in [2.75, 3.05) is 6.61 Å². The number of ether oxygens (including phenoxy) is 2. The number of benzene rings is 2. The van der Waals surface area contributed by atoms with E-state index in [1.54, 1.807) is 18.2 Å². The molecule has 1 heterocycles. The molecule has 2 aromatic carbocycles. The van der Waals surface area contributed by atoms with E-state index in [9.17, 15) is 4.79 Å². The molecule has 0 saturated heterocycles. The van der Waals surface area contributed by atoms with Crippen LogP contribution in [0.15, 0.2) is 42.5 Å². The van der Waals surface area contributed by atoms with Crippen molar-refractivity contribution in [3.63, 3.8) is 0 Å². The Kier molecular flexibility index (Phi) is 3.36. The van der Waals surface area contributed by atoms with E-state index >= 15 is 0 Å². The predicted molar refractivity (Wildman–Crippen MR) is 76.9 cm³/mol. The van der Waals surface area contributed by atoms with E-state index in [-0.39, 0.29) is 12.4 Å². The zero-order valence-corrected chi connectivity index (χ0v) is 11.7. The van der Waals surface area contributed by atoms with Crippen LogP contribution in [0.3, 0.4) is 0 Å². The average Bonchev–Trinajstić information content (AvgIpc) is 2.49. The van der Waals surface area contributed by atoms with E-state index in [1.165, 1.54) is 0 Å². The van der Waals surface area contributed by atoms with Crippen LogP contribution in [0.2, 0.25) is 5.02 Å². The Bertz CT molecular complexity index is 667. The fraction of sp³-hybridized carbons (Fsp3) is 0.188. The normalized spacial score (nSPS) is 16.8. The zero-order chi connectivity index (χ0) is 14.1. The standard InChI is InChI=1S/C16H13ClO3/c1-10-6-7-11(8-12(10)17)16(18)15-9-19-13-4-2-3-5-14(13)20-15/h2-8,15H,9H2,1H3. The van der Waals surface area contributed by atoms with Gasteiger partial charge in [-0.05, 0) is 30.7 Å². The molecular formula is C16H13ClO3. The Hall–Kier alpha value is -2.00. The molecule has 0 saturated carbocycles. The van der Waals surface area contributed by atoms with E-state index in [0.29, 0.717) is 22.1 Å². The summed E-state index contributed by atoms with van der Waals surface area (Å²) in [6.45, 7) is 2.11. The molecule has 0 spiro atoms. The van der Waals surface area contributed by atoms with E-state index in [0.717, 1.165) is 5.56 Å². The molecule has 0 fully saturated rings. The van der Waals surface area contributed by atoms with Crippen LogP contribution in [0, 0.1) is 6.92 Å². The molecule has 0 radical (unpaired) electrons. The highest BCUT2D eigenvalue weighted by Gasteiger charge is 2.28. The summed E-state index contributed by atoms with van der Waals surface area (Å²) in [7, 11) is 0. The van der Waals surface area contributed by atoms with Crippen molar-refractivity contribution < 1.29 is 14.3 Å². The molecule has 0 aliphatic carbocycles. The summed E-state index contributed by atoms with van der Waals surface area (Å²) < 4.78 is 11.3. The van der Waals surface area contributed by atoms with Gasteiger partial charge in [-0.1, -0.05) is 35.9 Å². The van der Waals surface area contributed by atoms with Crippen molar-refractivity contribution in [2.24, 2.45) is 0 Å². The third kappa shape index (κ3) is 2.37. The highest BCUT2D eigenvalue weighted by atomic mass is 35.5. The number of ketones is 1. The molecule has 4 heteroatoms. The molecule has 1 aliphatic rings. The third-order valence-electron chi connectivity index (χ3n) is 3.26. The van der Waals surface area contributed by atoms with Crippen molar-refractivity contribution in [1.82, 2.24) is 0 Å². The van der Waals surface area contributed by atoms with Gasteiger partial charge in [0.15, 0.2) is 17.6 Å². The molecule has 3 nitrogen and oxygen atoms in total. The molecule has 0 aromatic heterocycles. The lowest BCUT2D eigenvalue weighted by Gasteiger charge is -2.25. The molecule has 20 heavy (non-hydrogen) atoms. The van der Waals surface area contributed by atoms with Crippen molar-refractivity contribution in [3.05, 3.63) is 58.6 Å². The second kappa shape index (κ2) is 5.17. The Morgan fingerprint density at radius 3 is 2.70 bits per heavy atom. The maximum absolute atomic E-state index is 12.4. The van der Waals surface area contributed by atoms with Crippen LogP contribution in [0.1, 0.15) is 15.9 Å². The Labute approximate surface area is 122 Å². The first-order valence-corrected chi connectivity index (χ1v) is 6.72. The number of hydrogen-bond donors (Lipinski definition) is 0. The smallest absolute Gasteiger partial charge is 0.206 e. The Morgan fingerprint density at radius 1 is 1.20 bits per heavy atom. The molecule has 1 unspecified atom stereocenters. The van der Waals surface area contributed by atoms with Gasteiger partial charge in [0.1, 0.15) is 6.61 Å². The number of Topliss-reactive ketones (excluding diaryl/α,β-unsaturated/α-hetero) is 1. The predicted octanol–water partition coefficient (Wildman–Crippen LogP) is 3.67.